The van der Waals surface area contributed by atoms with Gasteiger partial charge in [-0.3, -0.25) is 0 Å². The van der Waals surface area contributed by atoms with Crippen LogP contribution in [0.3, 0.4) is 0 Å². The van der Waals surface area contributed by atoms with E-state index in [1.54, 1.807) is 0 Å². The van der Waals surface area contributed by atoms with E-state index in [4.69, 9.17) is 0 Å². The summed E-state index contributed by atoms with van der Waals surface area (Å²) in [5.41, 5.74) is 3.65. The second-order valence-electron chi connectivity index (χ2n) is 2.65. The van der Waals surface area contributed by atoms with Gasteiger partial charge in [-0.1, -0.05) is 55.8 Å². The Labute approximate surface area is 75.9 Å². The first-order valence-electron chi connectivity index (χ1n) is 4.42. The fourth-order valence-electron chi connectivity index (χ4n) is 0.838. The van der Waals surface area contributed by atoms with Crippen LogP contribution in [0, 0.1) is 6.92 Å². The van der Waals surface area contributed by atoms with Crippen LogP contribution in [0.5, 0.6) is 0 Å². The van der Waals surface area contributed by atoms with E-state index in [1.165, 1.54) is 11.1 Å². The molecule has 0 saturated heterocycles. The van der Waals surface area contributed by atoms with Crippen molar-refractivity contribution < 1.29 is 0 Å². The van der Waals surface area contributed by atoms with Crippen molar-refractivity contribution >= 4 is 5.57 Å². The highest BCUT2D eigenvalue weighted by molar-refractivity contribution is 5.61. The molecule has 0 saturated carbocycles. The second-order valence-corrected chi connectivity index (χ2v) is 2.65. The topological polar surface area (TPSA) is 0 Å². The Morgan fingerprint density at radius 2 is 1.50 bits per heavy atom. The molecule has 0 spiro atoms. The smallest absolute Gasteiger partial charge is 0.0233 e. The number of benzene rings is 1. The lowest BCUT2D eigenvalue weighted by molar-refractivity contribution is 1.45. The summed E-state index contributed by atoms with van der Waals surface area (Å²) >= 11 is 0. The maximum atomic E-state index is 3.86. The molecule has 0 aromatic heterocycles. The van der Waals surface area contributed by atoms with Gasteiger partial charge in [0.1, 0.15) is 0 Å². The summed E-state index contributed by atoms with van der Waals surface area (Å²) in [6.07, 6.45) is 0. The monoisotopic (exact) mass is 162 g/mol. The minimum absolute atomic E-state index is 1.13. The van der Waals surface area contributed by atoms with Crippen LogP contribution in [0.15, 0.2) is 30.8 Å². The van der Waals surface area contributed by atoms with E-state index in [2.05, 4.69) is 37.8 Å². The molecule has 0 aliphatic carbocycles. The molecule has 0 N–H and O–H groups in total. The number of allylic oxidation sites excluding steroid dienone is 1. The van der Waals surface area contributed by atoms with Crippen molar-refractivity contribution in [2.24, 2.45) is 0 Å². The maximum absolute atomic E-state index is 3.86. The van der Waals surface area contributed by atoms with Crippen LogP contribution in [-0.4, -0.2) is 0 Å². The summed E-state index contributed by atoms with van der Waals surface area (Å²) in [4.78, 5) is 0. The SMILES string of the molecule is C=C(C)c1ccc(C)cc1.CC. The fraction of sp³-hybridized carbons (Fsp3) is 0.333. The first kappa shape index (κ1) is 11.0. The third kappa shape index (κ3) is 3.38. The van der Waals surface area contributed by atoms with Crippen molar-refractivity contribution in [2.45, 2.75) is 27.7 Å². The quantitative estimate of drug-likeness (QED) is 0.584. The van der Waals surface area contributed by atoms with Gasteiger partial charge in [0.25, 0.3) is 0 Å². The predicted molar refractivity (Wildman–Crippen MR) is 57.2 cm³/mol. The van der Waals surface area contributed by atoms with E-state index in [0.29, 0.717) is 0 Å². The number of hydrogen-bond acceptors (Lipinski definition) is 0. The molecular weight excluding hydrogens is 144 g/mol. The lowest BCUT2D eigenvalue weighted by atomic mass is 10.1. The number of hydrogen-bond donors (Lipinski definition) is 0. The highest BCUT2D eigenvalue weighted by Gasteiger charge is 1.89. The molecule has 1 aromatic carbocycles. The molecule has 1 aromatic rings. The van der Waals surface area contributed by atoms with Gasteiger partial charge in [0, 0.05) is 0 Å². The highest BCUT2D eigenvalue weighted by Crippen LogP contribution is 2.11. The fourth-order valence-corrected chi connectivity index (χ4v) is 0.838. The third-order valence-electron chi connectivity index (χ3n) is 1.54. The Balaban J connectivity index is 0.000000561. The first-order chi connectivity index (χ1) is 5.70. The van der Waals surface area contributed by atoms with Crippen molar-refractivity contribution in [3.05, 3.63) is 42.0 Å². The van der Waals surface area contributed by atoms with E-state index < -0.39 is 0 Å². The normalized spacial score (nSPS) is 8.33. The molecular formula is C12H18. The molecule has 1 rings (SSSR count). The average molecular weight is 162 g/mol. The summed E-state index contributed by atoms with van der Waals surface area (Å²) in [6, 6.07) is 8.39. The van der Waals surface area contributed by atoms with Crippen LogP contribution in [0.25, 0.3) is 5.57 Å². The lowest BCUT2D eigenvalue weighted by Gasteiger charge is -1.98. The van der Waals surface area contributed by atoms with Crippen molar-refractivity contribution in [1.82, 2.24) is 0 Å². The van der Waals surface area contributed by atoms with Gasteiger partial charge in [0.05, 0.1) is 0 Å². The van der Waals surface area contributed by atoms with Gasteiger partial charge in [-0.25, -0.2) is 0 Å². The van der Waals surface area contributed by atoms with Crippen LogP contribution in [-0.2, 0) is 0 Å². The molecule has 0 amide bonds. The Bertz CT molecular complexity index is 229. The van der Waals surface area contributed by atoms with Gasteiger partial charge in [-0.05, 0) is 19.4 Å². The van der Waals surface area contributed by atoms with Gasteiger partial charge in [-0.2, -0.15) is 0 Å². The van der Waals surface area contributed by atoms with Crippen molar-refractivity contribution in [3.8, 4) is 0 Å². The standard InChI is InChI=1S/C10H12.C2H6/c1-8(2)10-6-4-9(3)5-7-10;1-2/h4-7H,1H2,2-3H3;1-2H3. The maximum Gasteiger partial charge on any atom is -0.0233 e. The van der Waals surface area contributed by atoms with Crippen LogP contribution in [0.1, 0.15) is 31.9 Å². The summed E-state index contributed by atoms with van der Waals surface area (Å²) in [5, 5.41) is 0. The molecule has 0 bridgehead atoms. The van der Waals surface area contributed by atoms with Gasteiger partial charge >= 0.3 is 0 Å². The largest absolute Gasteiger partial charge is 0.0955 e. The molecule has 0 fully saturated rings. The van der Waals surface area contributed by atoms with E-state index in [9.17, 15) is 0 Å². The second kappa shape index (κ2) is 5.59. The van der Waals surface area contributed by atoms with Crippen LogP contribution < -0.4 is 0 Å². The van der Waals surface area contributed by atoms with Crippen molar-refractivity contribution in [1.29, 1.82) is 0 Å². The predicted octanol–water partition coefficient (Wildman–Crippen LogP) is 4.05. The van der Waals surface area contributed by atoms with Crippen LogP contribution >= 0.6 is 0 Å². The minimum Gasteiger partial charge on any atom is -0.0955 e. The van der Waals surface area contributed by atoms with E-state index in [-0.39, 0.29) is 0 Å². The highest BCUT2D eigenvalue weighted by atomic mass is 13.9. The molecule has 0 heterocycles. The summed E-state index contributed by atoms with van der Waals surface area (Å²) in [5.74, 6) is 0. The minimum atomic E-state index is 1.13. The summed E-state index contributed by atoms with van der Waals surface area (Å²) in [6.45, 7) is 12.0. The molecule has 0 nitrogen and oxygen atoms in total. The van der Waals surface area contributed by atoms with Crippen molar-refractivity contribution in [2.75, 3.05) is 0 Å². The molecule has 12 heavy (non-hydrogen) atoms. The van der Waals surface area contributed by atoms with Gasteiger partial charge in [0.15, 0.2) is 0 Å². The Kier molecular flexibility index (Phi) is 5.11. The molecule has 0 radical (unpaired) electrons. The zero-order valence-electron chi connectivity index (χ0n) is 8.52. The molecule has 0 aliphatic rings. The Hall–Kier alpha value is -1.04. The zero-order chi connectivity index (χ0) is 9.56. The summed E-state index contributed by atoms with van der Waals surface area (Å²) in [7, 11) is 0. The first-order valence-corrected chi connectivity index (χ1v) is 4.42. The molecule has 0 aliphatic heterocycles. The Morgan fingerprint density at radius 3 is 1.83 bits per heavy atom. The van der Waals surface area contributed by atoms with Gasteiger partial charge < -0.3 is 0 Å². The van der Waals surface area contributed by atoms with Gasteiger partial charge in [-0.15, -0.1) is 0 Å². The molecule has 66 valence electrons. The molecule has 0 unspecified atom stereocenters. The molecule has 0 atom stereocenters. The average Bonchev–Trinajstić information content (AvgIpc) is 2.09. The lowest BCUT2D eigenvalue weighted by Crippen LogP contribution is -1.76. The van der Waals surface area contributed by atoms with Gasteiger partial charge in [0.2, 0.25) is 0 Å². The third-order valence-corrected chi connectivity index (χ3v) is 1.54. The number of rotatable bonds is 1. The Morgan fingerprint density at radius 1 is 1.08 bits per heavy atom. The van der Waals surface area contributed by atoms with E-state index in [1.807, 2.05) is 20.8 Å². The van der Waals surface area contributed by atoms with Crippen molar-refractivity contribution in [3.63, 3.8) is 0 Å². The number of aryl methyl sites for hydroxylation is 1. The van der Waals surface area contributed by atoms with E-state index in [0.717, 1.165) is 5.57 Å². The molecule has 0 heteroatoms. The zero-order valence-corrected chi connectivity index (χ0v) is 8.52. The summed E-state index contributed by atoms with van der Waals surface area (Å²) < 4.78 is 0. The van der Waals surface area contributed by atoms with E-state index >= 15 is 0 Å². The van der Waals surface area contributed by atoms with Crippen LogP contribution in [0.2, 0.25) is 0 Å². The van der Waals surface area contributed by atoms with Crippen LogP contribution in [0.4, 0.5) is 0 Å².